The SMILES string of the molecule is CCNc1cc(S(=O)(=O)Nc2cc(F)ccc2Br)ccn1. The van der Waals surface area contributed by atoms with Crippen molar-refractivity contribution in [3.05, 3.63) is 46.8 Å². The third kappa shape index (κ3) is 3.92. The molecular weight excluding hydrogens is 361 g/mol. The van der Waals surface area contributed by atoms with Crippen molar-refractivity contribution in [1.82, 2.24) is 4.98 Å². The van der Waals surface area contributed by atoms with E-state index in [1.54, 1.807) is 0 Å². The molecule has 1 aromatic carbocycles. The van der Waals surface area contributed by atoms with E-state index in [1.165, 1.54) is 30.5 Å². The molecule has 0 bridgehead atoms. The number of aromatic nitrogens is 1. The summed E-state index contributed by atoms with van der Waals surface area (Å²) in [4.78, 5) is 4.05. The molecule has 112 valence electrons. The standard InChI is InChI=1S/C13H13BrFN3O2S/c1-2-16-13-8-10(5-6-17-13)21(19,20)18-12-7-9(15)3-4-11(12)14/h3-8,18H,2H2,1H3,(H,16,17). The largest absolute Gasteiger partial charge is 0.370 e. The number of nitrogens with zero attached hydrogens (tertiary/aromatic N) is 1. The van der Waals surface area contributed by atoms with Crippen LogP contribution < -0.4 is 10.0 Å². The Morgan fingerprint density at radius 3 is 2.76 bits per heavy atom. The van der Waals surface area contributed by atoms with Crippen molar-refractivity contribution >= 4 is 37.5 Å². The van der Waals surface area contributed by atoms with Gasteiger partial charge in [-0.05, 0) is 47.1 Å². The number of pyridine rings is 1. The third-order valence-corrected chi connectivity index (χ3v) is 4.63. The lowest BCUT2D eigenvalue weighted by Crippen LogP contribution is -2.14. The van der Waals surface area contributed by atoms with Crippen LogP contribution in [0.4, 0.5) is 15.9 Å². The van der Waals surface area contributed by atoms with Crippen LogP contribution in [0.15, 0.2) is 45.9 Å². The van der Waals surface area contributed by atoms with Gasteiger partial charge in [0.1, 0.15) is 11.6 Å². The van der Waals surface area contributed by atoms with Gasteiger partial charge >= 0.3 is 0 Å². The van der Waals surface area contributed by atoms with Crippen LogP contribution in [-0.2, 0) is 10.0 Å². The maximum Gasteiger partial charge on any atom is 0.262 e. The van der Waals surface area contributed by atoms with Gasteiger partial charge < -0.3 is 5.32 Å². The molecule has 0 spiro atoms. The van der Waals surface area contributed by atoms with Crippen molar-refractivity contribution in [2.45, 2.75) is 11.8 Å². The third-order valence-electron chi connectivity index (χ3n) is 2.57. The molecule has 0 aliphatic rings. The lowest BCUT2D eigenvalue weighted by molar-refractivity contribution is 0.601. The van der Waals surface area contributed by atoms with E-state index < -0.39 is 15.8 Å². The highest BCUT2D eigenvalue weighted by atomic mass is 79.9. The summed E-state index contributed by atoms with van der Waals surface area (Å²) >= 11 is 3.18. The van der Waals surface area contributed by atoms with E-state index in [4.69, 9.17) is 0 Å². The average Bonchev–Trinajstić information content (AvgIpc) is 2.43. The van der Waals surface area contributed by atoms with Crippen LogP contribution in [0.25, 0.3) is 0 Å². The number of hydrogen-bond acceptors (Lipinski definition) is 4. The summed E-state index contributed by atoms with van der Waals surface area (Å²) in [5.41, 5.74) is 0.136. The van der Waals surface area contributed by atoms with Crippen LogP contribution in [0.5, 0.6) is 0 Å². The molecule has 2 aromatic rings. The second kappa shape index (κ2) is 6.40. The van der Waals surface area contributed by atoms with Crippen molar-refractivity contribution in [1.29, 1.82) is 0 Å². The van der Waals surface area contributed by atoms with Gasteiger partial charge in [0.2, 0.25) is 0 Å². The highest BCUT2D eigenvalue weighted by Gasteiger charge is 2.16. The van der Waals surface area contributed by atoms with Gasteiger partial charge in [0.25, 0.3) is 10.0 Å². The fraction of sp³-hybridized carbons (Fsp3) is 0.154. The van der Waals surface area contributed by atoms with Crippen LogP contribution in [0, 0.1) is 5.82 Å². The van der Waals surface area contributed by atoms with Crippen LogP contribution in [0.3, 0.4) is 0 Å². The summed E-state index contributed by atoms with van der Waals surface area (Å²) < 4.78 is 40.6. The van der Waals surface area contributed by atoms with Crippen LogP contribution >= 0.6 is 15.9 Å². The smallest absolute Gasteiger partial charge is 0.262 e. The van der Waals surface area contributed by atoms with Crippen molar-refractivity contribution in [2.75, 3.05) is 16.6 Å². The molecule has 0 atom stereocenters. The van der Waals surface area contributed by atoms with Crippen molar-refractivity contribution in [2.24, 2.45) is 0 Å². The maximum atomic E-state index is 13.2. The molecule has 2 rings (SSSR count). The van der Waals surface area contributed by atoms with E-state index in [0.717, 1.165) is 6.07 Å². The Bertz CT molecular complexity index is 753. The summed E-state index contributed by atoms with van der Waals surface area (Å²) in [6.45, 7) is 2.50. The molecule has 0 aliphatic heterocycles. The zero-order valence-electron chi connectivity index (χ0n) is 11.1. The van der Waals surface area contributed by atoms with Gasteiger partial charge in [-0.3, -0.25) is 4.72 Å². The van der Waals surface area contributed by atoms with Gasteiger partial charge in [-0.1, -0.05) is 0 Å². The highest BCUT2D eigenvalue weighted by Crippen LogP contribution is 2.26. The molecule has 0 aliphatic carbocycles. The van der Waals surface area contributed by atoms with Gasteiger partial charge in [-0.25, -0.2) is 17.8 Å². The Kier molecular flexibility index (Phi) is 4.79. The van der Waals surface area contributed by atoms with Gasteiger partial charge in [0, 0.05) is 23.3 Å². The van der Waals surface area contributed by atoms with Crippen molar-refractivity contribution in [3.8, 4) is 0 Å². The summed E-state index contributed by atoms with van der Waals surface area (Å²) in [6.07, 6.45) is 1.40. The van der Waals surface area contributed by atoms with E-state index in [2.05, 4.69) is 31.0 Å². The normalized spacial score (nSPS) is 11.2. The molecule has 5 nitrogen and oxygen atoms in total. The molecule has 0 amide bonds. The minimum atomic E-state index is -3.82. The Labute approximate surface area is 130 Å². The first-order valence-corrected chi connectivity index (χ1v) is 8.38. The van der Waals surface area contributed by atoms with E-state index in [9.17, 15) is 12.8 Å². The Morgan fingerprint density at radius 1 is 1.29 bits per heavy atom. The second-order valence-electron chi connectivity index (χ2n) is 4.14. The van der Waals surface area contributed by atoms with E-state index in [0.29, 0.717) is 16.8 Å². The Morgan fingerprint density at radius 2 is 2.05 bits per heavy atom. The Hall–Kier alpha value is -1.67. The first-order valence-electron chi connectivity index (χ1n) is 6.10. The molecule has 0 fully saturated rings. The molecule has 1 heterocycles. The lowest BCUT2D eigenvalue weighted by Gasteiger charge is -2.11. The second-order valence-corrected chi connectivity index (χ2v) is 6.67. The van der Waals surface area contributed by atoms with E-state index in [-0.39, 0.29) is 10.6 Å². The summed E-state index contributed by atoms with van der Waals surface area (Å²) in [5, 5.41) is 2.93. The number of anilines is 2. The summed E-state index contributed by atoms with van der Waals surface area (Å²) in [7, 11) is -3.82. The van der Waals surface area contributed by atoms with Crippen LogP contribution in [0.2, 0.25) is 0 Å². The van der Waals surface area contributed by atoms with E-state index >= 15 is 0 Å². The quantitative estimate of drug-likeness (QED) is 0.843. The zero-order valence-corrected chi connectivity index (χ0v) is 13.5. The average molecular weight is 374 g/mol. The van der Waals surface area contributed by atoms with Gasteiger partial charge in [0.15, 0.2) is 0 Å². The molecule has 21 heavy (non-hydrogen) atoms. The summed E-state index contributed by atoms with van der Waals surface area (Å²) in [6, 6.07) is 6.56. The molecular formula is C13H13BrFN3O2S. The molecule has 0 radical (unpaired) electrons. The number of sulfonamides is 1. The fourth-order valence-corrected chi connectivity index (χ4v) is 3.20. The molecule has 0 saturated heterocycles. The molecule has 1 aromatic heterocycles. The first kappa shape index (κ1) is 15.7. The number of rotatable bonds is 5. The minimum absolute atomic E-state index is 0.0459. The first-order chi connectivity index (χ1) is 9.92. The van der Waals surface area contributed by atoms with E-state index in [1.807, 2.05) is 6.92 Å². The van der Waals surface area contributed by atoms with Gasteiger partial charge in [0.05, 0.1) is 10.6 Å². The fourth-order valence-electron chi connectivity index (χ4n) is 1.64. The van der Waals surface area contributed by atoms with Crippen LogP contribution in [-0.4, -0.2) is 19.9 Å². The lowest BCUT2D eigenvalue weighted by atomic mass is 10.3. The number of halogens is 2. The number of hydrogen-bond donors (Lipinski definition) is 2. The predicted molar refractivity (Wildman–Crippen MR) is 83.3 cm³/mol. The molecule has 0 unspecified atom stereocenters. The van der Waals surface area contributed by atoms with Crippen molar-refractivity contribution in [3.63, 3.8) is 0 Å². The van der Waals surface area contributed by atoms with Gasteiger partial charge in [-0.2, -0.15) is 0 Å². The molecule has 8 heteroatoms. The number of benzene rings is 1. The van der Waals surface area contributed by atoms with Crippen LogP contribution in [0.1, 0.15) is 6.92 Å². The predicted octanol–water partition coefficient (Wildman–Crippen LogP) is 3.22. The maximum absolute atomic E-state index is 13.2. The summed E-state index contributed by atoms with van der Waals surface area (Å²) in [5.74, 6) is -0.0716. The number of nitrogens with one attached hydrogen (secondary N) is 2. The van der Waals surface area contributed by atoms with Crippen molar-refractivity contribution < 1.29 is 12.8 Å². The Balaban J connectivity index is 2.34. The molecule has 0 saturated carbocycles. The van der Waals surface area contributed by atoms with Gasteiger partial charge in [-0.15, -0.1) is 0 Å². The minimum Gasteiger partial charge on any atom is -0.370 e. The monoisotopic (exact) mass is 373 g/mol. The molecule has 2 N–H and O–H groups in total. The topological polar surface area (TPSA) is 71.1 Å². The highest BCUT2D eigenvalue weighted by molar-refractivity contribution is 9.10. The zero-order chi connectivity index (χ0) is 15.5.